The number of nitrogens with one attached hydrogen (secondary N) is 1. The molecule has 0 fully saturated rings. The van der Waals surface area contributed by atoms with Crippen molar-refractivity contribution < 1.29 is 4.79 Å². The number of rotatable bonds is 5. The highest BCUT2D eigenvalue weighted by atomic mass is 35.5. The van der Waals surface area contributed by atoms with E-state index in [1.165, 1.54) is 0 Å². The van der Waals surface area contributed by atoms with E-state index in [0.29, 0.717) is 17.4 Å². The smallest absolute Gasteiger partial charge is 0.222 e. The summed E-state index contributed by atoms with van der Waals surface area (Å²) in [7, 11) is 0. The predicted molar refractivity (Wildman–Crippen MR) is 134 cm³/mol. The second-order valence-corrected chi connectivity index (χ2v) is 8.86. The normalized spacial score (nSPS) is 14.6. The van der Waals surface area contributed by atoms with Crippen LogP contribution in [-0.4, -0.2) is 26.4 Å². The molecule has 0 bridgehead atoms. The summed E-state index contributed by atoms with van der Waals surface area (Å²) in [4.78, 5) is 18.1. The van der Waals surface area contributed by atoms with Crippen molar-refractivity contribution in [2.45, 2.75) is 32.9 Å². The Labute approximate surface area is 203 Å². The maximum absolute atomic E-state index is 13.0. The molecule has 6 nitrogen and oxygen atoms in total. The molecule has 34 heavy (non-hydrogen) atoms. The highest BCUT2D eigenvalue weighted by Gasteiger charge is 2.29. The highest BCUT2D eigenvalue weighted by molar-refractivity contribution is 6.30. The van der Waals surface area contributed by atoms with Crippen molar-refractivity contribution in [3.8, 4) is 5.69 Å². The van der Waals surface area contributed by atoms with Gasteiger partial charge >= 0.3 is 0 Å². The van der Waals surface area contributed by atoms with Gasteiger partial charge in [-0.05, 0) is 43.7 Å². The Kier molecular flexibility index (Phi) is 5.99. The van der Waals surface area contributed by atoms with Crippen LogP contribution < -0.4 is 5.32 Å². The van der Waals surface area contributed by atoms with Crippen LogP contribution in [0.15, 0.2) is 77.8 Å². The molecule has 4 aromatic rings. The fraction of sp³-hybridized carbons (Fsp3) is 0.185. The molecule has 3 aromatic carbocycles. The van der Waals surface area contributed by atoms with E-state index >= 15 is 0 Å². The molecule has 1 aliphatic heterocycles. The zero-order valence-corrected chi connectivity index (χ0v) is 19.8. The summed E-state index contributed by atoms with van der Waals surface area (Å²) in [5.41, 5.74) is 5.82. The molecule has 0 saturated carbocycles. The van der Waals surface area contributed by atoms with Crippen LogP contribution in [0.4, 0.5) is 0 Å². The van der Waals surface area contributed by atoms with Crippen LogP contribution in [0.25, 0.3) is 5.69 Å². The van der Waals surface area contributed by atoms with Gasteiger partial charge in [-0.2, -0.15) is 0 Å². The van der Waals surface area contributed by atoms with Crippen LogP contribution in [-0.2, 0) is 11.3 Å². The van der Waals surface area contributed by atoms with Crippen LogP contribution in [0.1, 0.15) is 46.4 Å². The van der Waals surface area contributed by atoms with Crippen LogP contribution in [0, 0.1) is 13.8 Å². The molecule has 2 heterocycles. The van der Waals surface area contributed by atoms with Crippen LogP contribution in [0.2, 0.25) is 5.02 Å². The third-order valence-electron chi connectivity index (χ3n) is 5.91. The van der Waals surface area contributed by atoms with Crippen molar-refractivity contribution >= 4 is 23.2 Å². The molecule has 7 heteroatoms. The standard InChI is InChI=1S/C27H24ClN5O/c1-17-8-13-24-22(14-17)26(20-9-11-21(28)12-10-20)30-23(27-32-31-18(2)33(24)27)15-25(34)29-16-19-6-4-3-5-7-19/h3-14,23H,15-16H2,1-2H3,(H,29,34)/t23-/m0/s1. The lowest BCUT2D eigenvalue weighted by atomic mass is 9.98. The van der Waals surface area contributed by atoms with Gasteiger partial charge in [-0.15, -0.1) is 10.2 Å². The molecule has 1 N–H and O–H groups in total. The molecule has 0 radical (unpaired) electrons. The molecular weight excluding hydrogens is 446 g/mol. The predicted octanol–water partition coefficient (Wildman–Crippen LogP) is 5.14. The molecule has 170 valence electrons. The number of aryl methyl sites for hydroxylation is 2. The van der Waals surface area contributed by atoms with Gasteiger partial charge in [0.05, 0.1) is 17.8 Å². The molecule has 1 atom stereocenters. The summed E-state index contributed by atoms with van der Waals surface area (Å²) in [6, 6.07) is 23.2. The maximum atomic E-state index is 13.0. The first-order valence-electron chi connectivity index (χ1n) is 11.2. The van der Waals surface area contributed by atoms with Gasteiger partial charge in [0.25, 0.3) is 0 Å². The summed E-state index contributed by atoms with van der Waals surface area (Å²) in [5, 5.41) is 12.4. The number of benzene rings is 3. The lowest BCUT2D eigenvalue weighted by Crippen LogP contribution is -2.25. The van der Waals surface area contributed by atoms with E-state index in [2.05, 4.69) is 40.6 Å². The lowest BCUT2D eigenvalue weighted by Gasteiger charge is -2.13. The number of halogens is 1. The molecule has 0 spiro atoms. The van der Waals surface area contributed by atoms with E-state index in [1.807, 2.05) is 66.1 Å². The minimum absolute atomic E-state index is 0.0950. The van der Waals surface area contributed by atoms with Gasteiger partial charge < -0.3 is 5.32 Å². The Hall–Kier alpha value is -3.77. The third kappa shape index (κ3) is 4.37. The first-order valence-corrected chi connectivity index (χ1v) is 11.5. The minimum Gasteiger partial charge on any atom is -0.352 e. The number of carbonyl (C=O) groups is 1. The average molecular weight is 470 g/mol. The highest BCUT2D eigenvalue weighted by Crippen LogP contribution is 2.33. The zero-order chi connectivity index (χ0) is 23.7. The minimum atomic E-state index is -0.490. The van der Waals surface area contributed by atoms with Crippen molar-refractivity contribution in [3.05, 3.63) is 112 Å². The zero-order valence-electron chi connectivity index (χ0n) is 19.0. The fourth-order valence-corrected chi connectivity index (χ4v) is 4.35. The quantitative estimate of drug-likeness (QED) is 0.440. The number of aromatic nitrogens is 3. The number of aliphatic imine (C=N–C) groups is 1. The second-order valence-electron chi connectivity index (χ2n) is 8.43. The Morgan fingerprint density at radius 2 is 1.76 bits per heavy atom. The lowest BCUT2D eigenvalue weighted by molar-refractivity contribution is -0.121. The Bertz CT molecular complexity index is 1380. The van der Waals surface area contributed by atoms with Crippen LogP contribution >= 0.6 is 11.6 Å². The Morgan fingerprint density at radius 3 is 2.53 bits per heavy atom. The molecule has 0 unspecified atom stereocenters. The monoisotopic (exact) mass is 469 g/mol. The van der Waals surface area contributed by atoms with Gasteiger partial charge in [-0.25, -0.2) is 0 Å². The molecule has 1 amide bonds. The number of fused-ring (bicyclic) bond motifs is 3. The first-order chi connectivity index (χ1) is 16.5. The van der Waals surface area contributed by atoms with Gasteiger partial charge in [-0.3, -0.25) is 14.4 Å². The van der Waals surface area contributed by atoms with Crippen molar-refractivity contribution in [3.63, 3.8) is 0 Å². The van der Waals surface area contributed by atoms with E-state index in [1.54, 1.807) is 0 Å². The van der Waals surface area contributed by atoms with E-state index in [4.69, 9.17) is 16.6 Å². The summed E-state index contributed by atoms with van der Waals surface area (Å²) in [5.74, 6) is 1.31. The molecule has 1 aliphatic rings. The van der Waals surface area contributed by atoms with E-state index in [9.17, 15) is 4.79 Å². The van der Waals surface area contributed by atoms with Crippen molar-refractivity contribution in [2.24, 2.45) is 4.99 Å². The van der Waals surface area contributed by atoms with Gasteiger partial charge in [0.2, 0.25) is 5.91 Å². The fourth-order valence-electron chi connectivity index (χ4n) is 4.23. The summed E-state index contributed by atoms with van der Waals surface area (Å²) in [6.45, 7) is 4.43. The molecule has 0 saturated heterocycles. The van der Waals surface area contributed by atoms with E-state index < -0.39 is 6.04 Å². The van der Waals surface area contributed by atoms with Crippen molar-refractivity contribution in [2.75, 3.05) is 0 Å². The van der Waals surface area contributed by atoms with Crippen LogP contribution in [0.5, 0.6) is 0 Å². The number of hydrogen-bond donors (Lipinski definition) is 1. The largest absolute Gasteiger partial charge is 0.352 e. The Morgan fingerprint density at radius 1 is 1.00 bits per heavy atom. The summed E-state index contributed by atoms with van der Waals surface area (Å²) < 4.78 is 2.01. The molecule has 1 aromatic heterocycles. The number of amides is 1. The van der Waals surface area contributed by atoms with Gasteiger partial charge in [0, 0.05) is 22.7 Å². The molecular formula is C27H24ClN5O. The van der Waals surface area contributed by atoms with Gasteiger partial charge in [0.1, 0.15) is 11.9 Å². The molecule has 0 aliphatic carbocycles. The second kappa shape index (κ2) is 9.23. The number of hydrogen-bond acceptors (Lipinski definition) is 4. The van der Waals surface area contributed by atoms with Crippen LogP contribution in [0.3, 0.4) is 0 Å². The van der Waals surface area contributed by atoms with Gasteiger partial charge in [-0.1, -0.05) is 65.7 Å². The topological polar surface area (TPSA) is 72.2 Å². The van der Waals surface area contributed by atoms with Crippen molar-refractivity contribution in [1.82, 2.24) is 20.1 Å². The third-order valence-corrected chi connectivity index (χ3v) is 6.16. The van der Waals surface area contributed by atoms with E-state index in [0.717, 1.165) is 39.5 Å². The number of nitrogens with zero attached hydrogens (tertiary/aromatic N) is 4. The average Bonchev–Trinajstić information content (AvgIpc) is 3.16. The SMILES string of the molecule is Cc1ccc2c(c1)C(c1ccc(Cl)cc1)=N[C@@H](CC(=O)NCc1ccccc1)c1nnc(C)n1-2. The summed E-state index contributed by atoms with van der Waals surface area (Å²) >= 11 is 6.15. The van der Waals surface area contributed by atoms with E-state index in [-0.39, 0.29) is 12.3 Å². The number of carbonyl (C=O) groups excluding carboxylic acids is 1. The maximum Gasteiger partial charge on any atom is 0.222 e. The first kappa shape index (κ1) is 22.0. The molecule has 5 rings (SSSR count). The summed E-state index contributed by atoms with van der Waals surface area (Å²) in [6.07, 6.45) is 0.162. The Balaban J connectivity index is 1.56. The van der Waals surface area contributed by atoms with Gasteiger partial charge in [0.15, 0.2) is 5.82 Å². The van der Waals surface area contributed by atoms with Crippen molar-refractivity contribution in [1.29, 1.82) is 0 Å².